The minimum absolute atomic E-state index is 0.00201. The third-order valence-corrected chi connectivity index (χ3v) is 3.34. The Kier molecular flexibility index (Phi) is 3.49. The molecule has 0 aliphatic carbocycles. The molecule has 0 saturated heterocycles. The fourth-order valence-electron chi connectivity index (χ4n) is 1.34. The molecule has 7 heteroatoms. The fraction of sp³-hybridized carbons (Fsp3) is 0.364. The van der Waals surface area contributed by atoms with Gasteiger partial charge in [0.15, 0.2) is 5.69 Å². The Morgan fingerprint density at radius 2 is 2.00 bits per heavy atom. The van der Waals surface area contributed by atoms with E-state index in [1.54, 1.807) is 26.8 Å². The van der Waals surface area contributed by atoms with Crippen LogP contribution in [0.2, 0.25) is 9.62 Å². The lowest BCUT2D eigenvalue weighted by molar-refractivity contribution is 0.00655. The fourth-order valence-corrected chi connectivity index (χ4v) is 2.65. The zero-order chi connectivity index (χ0) is 13.5. The van der Waals surface area contributed by atoms with Gasteiger partial charge in [-0.3, -0.25) is 0 Å². The number of nitrogens with zero attached hydrogens (tertiary/aromatic N) is 2. The van der Waals surface area contributed by atoms with Crippen LogP contribution in [-0.4, -0.2) is 21.5 Å². The minimum atomic E-state index is -0.595. The second-order valence-electron chi connectivity index (χ2n) is 4.61. The molecule has 0 unspecified atom stereocenters. The zero-order valence-electron chi connectivity index (χ0n) is 9.95. The van der Waals surface area contributed by atoms with Gasteiger partial charge in [0.2, 0.25) is 5.28 Å². The lowest BCUT2D eigenvalue weighted by Gasteiger charge is -2.19. The van der Waals surface area contributed by atoms with E-state index in [-0.39, 0.29) is 11.0 Å². The molecule has 0 aliphatic heterocycles. The molecular weight excluding hydrogens is 295 g/mol. The molecule has 2 aromatic rings. The summed E-state index contributed by atoms with van der Waals surface area (Å²) >= 11 is 12.9. The number of rotatable bonds is 1. The lowest BCUT2D eigenvalue weighted by Crippen LogP contribution is -2.24. The van der Waals surface area contributed by atoms with Gasteiger partial charge in [-0.05, 0) is 38.4 Å². The minimum Gasteiger partial charge on any atom is -0.455 e. The van der Waals surface area contributed by atoms with E-state index < -0.39 is 11.6 Å². The van der Waals surface area contributed by atoms with E-state index in [1.165, 1.54) is 11.3 Å². The quantitative estimate of drug-likeness (QED) is 0.591. The summed E-state index contributed by atoms with van der Waals surface area (Å²) in [4.78, 5) is 20.0. The number of thiophene rings is 1. The summed E-state index contributed by atoms with van der Waals surface area (Å²) in [5.74, 6) is -0.532. The van der Waals surface area contributed by atoms with Gasteiger partial charge in [0.05, 0.1) is 14.6 Å². The highest BCUT2D eigenvalue weighted by molar-refractivity contribution is 7.22. The first kappa shape index (κ1) is 13.5. The van der Waals surface area contributed by atoms with Crippen molar-refractivity contribution in [2.45, 2.75) is 26.4 Å². The Labute approximate surface area is 118 Å². The Balaban J connectivity index is 2.52. The number of fused-ring (bicyclic) bond motifs is 1. The van der Waals surface area contributed by atoms with Gasteiger partial charge < -0.3 is 4.74 Å². The van der Waals surface area contributed by atoms with Crippen molar-refractivity contribution in [3.8, 4) is 0 Å². The molecule has 0 aromatic carbocycles. The molecule has 0 N–H and O–H groups in total. The number of aromatic nitrogens is 2. The number of esters is 1. The second-order valence-corrected chi connectivity index (χ2v) is 6.63. The summed E-state index contributed by atoms with van der Waals surface area (Å²) in [6.07, 6.45) is 0. The number of carbonyl (C=O) groups is 1. The first-order valence-corrected chi connectivity index (χ1v) is 6.69. The maximum Gasteiger partial charge on any atom is 0.359 e. The van der Waals surface area contributed by atoms with E-state index in [9.17, 15) is 4.79 Å². The predicted molar refractivity (Wildman–Crippen MR) is 72.6 cm³/mol. The van der Waals surface area contributed by atoms with Crippen LogP contribution in [0.25, 0.3) is 10.2 Å². The Hall–Kier alpha value is -0.910. The van der Waals surface area contributed by atoms with Gasteiger partial charge in [0.1, 0.15) is 5.60 Å². The number of carbonyl (C=O) groups excluding carboxylic acids is 1. The van der Waals surface area contributed by atoms with Crippen molar-refractivity contribution in [3.63, 3.8) is 0 Å². The summed E-state index contributed by atoms with van der Waals surface area (Å²) in [5.41, 5.74) is 0.102. The van der Waals surface area contributed by atoms with Crippen molar-refractivity contribution in [1.29, 1.82) is 0 Å². The van der Waals surface area contributed by atoms with Crippen molar-refractivity contribution in [3.05, 3.63) is 21.4 Å². The SMILES string of the molecule is CC(C)(C)OC(=O)c1nc(Cl)nc2cc(Cl)sc12. The first-order valence-electron chi connectivity index (χ1n) is 5.12. The van der Waals surface area contributed by atoms with Gasteiger partial charge in [-0.25, -0.2) is 14.8 Å². The Morgan fingerprint density at radius 1 is 1.33 bits per heavy atom. The summed E-state index contributed by atoms with van der Waals surface area (Å²) in [7, 11) is 0. The number of ether oxygens (including phenoxy) is 1. The normalized spacial score (nSPS) is 11.8. The molecule has 0 spiro atoms. The predicted octanol–water partition coefficient (Wildman–Crippen LogP) is 3.95. The average Bonchev–Trinajstić information content (AvgIpc) is 2.53. The van der Waals surface area contributed by atoms with Gasteiger partial charge in [-0.15, -0.1) is 11.3 Å². The Morgan fingerprint density at radius 3 is 2.61 bits per heavy atom. The average molecular weight is 305 g/mol. The number of hydrogen-bond donors (Lipinski definition) is 0. The van der Waals surface area contributed by atoms with E-state index in [4.69, 9.17) is 27.9 Å². The molecular formula is C11H10Cl2N2O2S. The van der Waals surface area contributed by atoms with E-state index in [0.717, 1.165) is 0 Å². The van der Waals surface area contributed by atoms with Gasteiger partial charge in [0, 0.05) is 0 Å². The van der Waals surface area contributed by atoms with Crippen LogP contribution in [0.5, 0.6) is 0 Å². The largest absolute Gasteiger partial charge is 0.455 e. The van der Waals surface area contributed by atoms with Gasteiger partial charge in [0.25, 0.3) is 0 Å². The van der Waals surface area contributed by atoms with E-state index >= 15 is 0 Å². The number of hydrogen-bond acceptors (Lipinski definition) is 5. The van der Waals surface area contributed by atoms with Crippen LogP contribution in [0, 0.1) is 0 Å². The monoisotopic (exact) mass is 304 g/mol. The summed E-state index contributed by atoms with van der Waals surface area (Å²) in [6, 6.07) is 1.64. The second kappa shape index (κ2) is 4.64. The molecule has 0 radical (unpaired) electrons. The maximum absolute atomic E-state index is 12.0. The van der Waals surface area contributed by atoms with Gasteiger partial charge in [-0.1, -0.05) is 11.6 Å². The van der Waals surface area contributed by atoms with Crippen LogP contribution in [0.1, 0.15) is 31.3 Å². The molecule has 2 heterocycles. The van der Waals surface area contributed by atoms with Crippen LogP contribution in [0.3, 0.4) is 0 Å². The van der Waals surface area contributed by atoms with E-state index in [2.05, 4.69) is 9.97 Å². The molecule has 0 saturated carbocycles. The third kappa shape index (κ3) is 2.91. The highest BCUT2D eigenvalue weighted by Crippen LogP contribution is 2.31. The summed E-state index contributed by atoms with van der Waals surface area (Å²) in [5, 5.41) is -0.00201. The molecule has 96 valence electrons. The zero-order valence-corrected chi connectivity index (χ0v) is 12.3. The van der Waals surface area contributed by atoms with Crippen LogP contribution in [0.15, 0.2) is 6.07 Å². The standard InChI is InChI=1S/C11H10Cl2N2O2S/c1-11(2,3)17-9(16)7-8-5(4-6(12)18-8)14-10(13)15-7/h4H,1-3H3. The molecule has 0 aliphatic rings. The van der Waals surface area contributed by atoms with Crippen molar-refractivity contribution < 1.29 is 9.53 Å². The topological polar surface area (TPSA) is 52.1 Å². The van der Waals surface area contributed by atoms with Gasteiger partial charge >= 0.3 is 5.97 Å². The van der Waals surface area contributed by atoms with Crippen molar-refractivity contribution in [1.82, 2.24) is 9.97 Å². The van der Waals surface area contributed by atoms with Gasteiger partial charge in [-0.2, -0.15) is 0 Å². The molecule has 0 atom stereocenters. The molecule has 0 bridgehead atoms. The lowest BCUT2D eigenvalue weighted by atomic mass is 10.2. The van der Waals surface area contributed by atoms with Crippen LogP contribution >= 0.6 is 34.5 Å². The molecule has 18 heavy (non-hydrogen) atoms. The highest BCUT2D eigenvalue weighted by Gasteiger charge is 2.23. The van der Waals surface area contributed by atoms with Crippen LogP contribution in [-0.2, 0) is 4.74 Å². The first-order chi connectivity index (χ1) is 8.26. The number of halogens is 2. The summed E-state index contributed by atoms with van der Waals surface area (Å²) in [6.45, 7) is 5.35. The smallest absolute Gasteiger partial charge is 0.359 e. The van der Waals surface area contributed by atoms with E-state index in [1.807, 2.05) is 0 Å². The third-order valence-electron chi connectivity index (χ3n) is 1.91. The van der Waals surface area contributed by atoms with E-state index in [0.29, 0.717) is 14.6 Å². The molecule has 4 nitrogen and oxygen atoms in total. The molecule has 2 aromatic heterocycles. The summed E-state index contributed by atoms with van der Waals surface area (Å²) < 4.78 is 6.37. The molecule has 0 fully saturated rings. The Bertz CT molecular complexity index is 619. The molecule has 0 amide bonds. The van der Waals surface area contributed by atoms with Crippen molar-refractivity contribution in [2.24, 2.45) is 0 Å². The van der Waals surface area contributed by atoms with Crippen molar-refractivity contribution >= 4 is 50.7 Å². The van der Waals surface area contributed by atoms with Crippen LogP contribution < -0.4 is 0 Å². The van der Waals surface area contributed by atoms with Crippen LogP contribution in [0.4, 0.5) is 0 Å². The highest BCUT2D eigenvalue weighted by atomic mass is 35.5. The maximum atomic E-state index is 12.0. The van der Waals surface area contributed by atoms with Crippen molar-refractivity contribution in [2.75, 3.05) is 0 Å². The molecule has 2 rings (SSSR count).